The van der Waals surface area contributed by atoms with Gasteiger partial charge in [0.05, 0.1) is 0 Å². The predicted octanol–water partition coefficient (Wildman–Crippen LogP) is 3.05. The van der Waals surface area contributed by atoms with Crippen molar-refractivity contribution in [2.24, 2.45) is 0 Å². The topological polar surface area (TPSA) is 0 Å². The van der Waals surface area contributed by atoms with E-state index in [2.05, 4.69) is 0 Å². The molecule has 9 heavy (non-hydrogen) atoms. The van der Waals surface area contributed by atoms with Gasteiger partial charge in [-0.1, -0.05) is 0 Å². The molecule has 0 radical (unpaired) electrons. The second-order valence-electron chi connectivity index (χ2n) is 1.07. The number of hydrogen-bond donors (Lipinski definition) is 0. The Morgan fingerprint density at radius 3 is 1.44 bits per heavy atom. The number of allylic oxidation sites excluding steroid dienone is 1. The van der Waals surface area contributed by atoms with E-state index in [1.165, 1.54) is 0 Å². The fourth-order valence-corrected chi connectivity index (χ4v) is 0.107. The van der Waals surface area contributed by atoms with Crippen molar-refractivity contribution >= 4 is 15.9 Å². The average Bonchev–Trinajstić information content (AvgIpc) is 1.62. The predicted molar refractivity (Wildman–Crippen MR) is 24.2 cm³/mol. The monoisotopic (exact) mass is 210 g/mol. The van der Waals surface area contributed by atoms with Crippen LogP contribution in [-0.4, -0.2) is 6.18 Å². The summed E-state index contributed by atoms with van der Waals surface area (Å²) in [7, 11) is 0. The summed E-state index contributed by atoms with van der Waals surface area (Å²) in [4.78, 5) is 0. The SMILES string of the molecule is FC(F)=C(Br)C(F)(F)F. The fourth-order valence-electron chi connectivity index (χ4n) is 0.107. The second kappa shape index (κ2) is 2.64. The van der Waals surface area contributed by atoms with Crippen molar-refractivity contribution in [2.45, 2.75) is 6.18 Å². The maximum atomic E-state index is 11.1. The van der Waals surface area contributed by atoms with Crippen LogP contribution < -0.4 is 0 Å². The molecule has 54 valence electrons. The Morgan fingerprint density at radius 1 is 1.11 bits per heavy atom. The first-order chi connectivity index (χ1) is 3.85. The van der Waals surface area contributed by atoms with Crippen molar-refractivity contribution in [3.8, 4) is 0 Å². The Morgan fingerprint density at radius 2 is 1.44 bits per heavy atom. The zero-order valence-corrected chi connectivity index (χ0v) is 5.35. The molecule has 0 saturated heterocycles. The van der Waals surface area contributed by atoms with Gasteiger partial charge in [-0.25, -0.2) is 0 Å². The standard InChI is InChI=1S/C3BrF5/c4-1(2(5)6)3(7,8)9. The van der Waals surface area contributed by atoms with E-state index in [1.807, 2.05) is 0 Å². The van der Waals surface area contributed by atoms with Crippen molar-refractivity contribution < 1.29 is 22.0 Å². The summed E-state index contributed by atoms with van der Waals surface area (Å²) in [5.41, 5.74) is 0. The first-order valence-corrected chi connectivity index (χ1v) is 2.43. The van der Waals surface area contributed by atoms with Crippen LogP contribution in [0.25, 0.3) is 0 Å². The molecule has 0 nitrogen and oxygen atoms in total. The van der Waals surface area contributed by atoms with Crippen LogP contribution in [0.5, 0.6) is 0 Å². The van der Waals surface area contributed by atoms with Crippen LogP contribution in [0, 0.1) is 0 Å². The van der Waals surface area contributed by atoms with Gasteiger partial charge in [0, 0.05) is 0 Å². The van der Waals surface area contributed by atoms with Gasteiger partial charge >= 0.3 is 6.18 Å². The third kappa shape index (κ3) is 2.78. The molecule has 0 saturated carbocycles. The Bertz CT molecular complexity index is 130. The van der Waals surface area contributed by atoms with E-state index in [1.54, 1.807) is 15.9 Å². The highest BCUT2D eigenvalue weighted by atomic mass is 79.9. The number of rotatable bonds is 0. The molecule has 0 atom stereocenters. The minimum atomic E-state index is -4.97. The highest BCUT2D eigenvalue weighted by molar-refractivity contribution is 9.11. The van der Waals surface area contributed by atoms with Crippen molar-refractivity contribution in [3.63, 3.8) is 0 Å². The summed E-state index contributed by atoms with van der Waals surface area (Å²) in [5, 5.41) is 0. The van der Waals surface area contributed by atoms with Gasteiger partial charge in [0.25, 0.3) is 6.08 Å². The first kappa shape index (κ1) is 8.87. The van der Waals surface area contributed by atoms with Crippen LogP contribution in [0.1, 0.15) is 0 Å². The number of alkyl halides is 3. The lowest BCUT2D eigenvalue weighted by molar-refractivity contribution is -0.0858. The van der Waals surface area contributed by atoms with Crippen LogP contribution in [0.4, 0.5) is 22.0 Å². The van der Waals surface area contributed by atoms with Gasteiger partial charge in [0.15, 0.2) is 4.48 Å². The quantitative estimate of drug-likeness (QED) is 0.540. The largest absolute Gasteiger partial charge is 0.428 e. The lowest BCUT2D eigenvalue weighted by Gasteiger charge is -2.00. The average molecular weight is 211 g/mol. The Kier molecular flexibility index (Phi) is 2.60. The molecule has 0 amide bonds. The molecule has 0 aromatic rings. The molecule has 0 aliphatic rings. The summed E-state index contributed by atoms with van der Waals surface area (Å²) in [6.45, 7) is 0. The zero-order chi connectivity index (χ0) is 7.65. The van der Waals surface area contributed by atoms with E-state index in [9.17, 15) is 22.0 Å². The summed E-state index contributed by atoms with van der Waals surface area (Å²) < 4.78 is 53.4. The van der Waals surface area contributed by atoms with E-state index in [-0.39, 0.29) is 0 Å². The van der Waals surface area contributed by atoms with Crippen LogP contribution in [0.15, 0.2) is 10.6 Å². The van der Waals surface area contributed by atoms with Crippen LogP contribution in [0.3, 0.4) is 0 Å². The molecule has 0 rings (SSSR count). The van der Waals surface area contributed by atoms with Crippen LogP contribution >= 0.6 is 15.9 Å². The Hall–Kier alpha value is -0.130. The van der Waals surface area contributed by atoms with Gasteiger partial charge < -0.3 is 0 Å². The summed E-state index contributed by atoms with van der Waals surface area (Å²) >= 11 is 1.67. The highest BCUT2D eigenvalue weighted by Crippen LogP contribution is 2.33. The molecule has 0 spiro atoms. The fraction of sp³-hybridized carbons (Fsp3) is 0.333. The lowest BCUT2D eigenvalue weighted by atomic mass is 10.6. The van der Waals surface area contributed by atoms with Crippen molar-refractivity contribution in [1.82, 2.24) is 0 Å². The molecule has 0 fully saturated rings. The van der Waals surface area contributed by atoms with E-state index in [0.29, 0.717) is 0 Å². The molecule has 0 aromatic carbocycles. The summed E-state index contributed by atoms with van der Waals surface area (Å²) in [6, 6.07) is 0. The van der Waals surface area contributed by atoms with Crippen molar-refractivity contribution in [3.05, 3.63) is 10.6 Å². The minimum Gasteiger partial charge on any atom is -0.172 e. The van der Waals surface area contributed by atoms with Gasteiger partial charge in [-0.15, -0.1) is 0 Å². The van der Waals surface area contributed by atoms with Gasteiger partial charge in [-0.05, 0) is 15.9 Å². The normalized spacial score (nSPS) is 11.3. The molecule has 0 bridgehead atoms. The van der Waals surface area contributed by atoms with Gasteiger partial charge in [0.1, 0.15) is 0 Å². The van der Waals surface area contributed by atoms with Crippen molar-refractivity contribution in [2.75, 3.05) is 0 Å². The molecule has 0 N–H and O–H groups in total. The van der Waals surface area contributed by atoms with Crippen LogP contribution in [0.2, 0.25) is 0 Å². The molecule has 0 unspecified atom stereocenters. The molecule has 0 aromatic heterocycles. The maximum absolute atomic E-state index is 11.1. The zero-order valence-electron chi connectivity index (χ0n) is 3.77. The van der Waals surface area contributed by atoms with E-state index in [0.717, 1.165) is 0 Å². The molecule has 6 heteroatoms. The second-order valence-corrected chi connectivity index (χ2v) is 1.87. The van der Waals surface area contributed by atoms with E-state index in [4.69, 9.17) is 0 Å². The first-order valence-electron chi connectivity index (χ1n) is 1.63. The van der Waals surface area contributed by atoms with Crippen molar-refractivity contribution in [1.29, 1.82) is 0 Å². The van der Waals surface area contributed by atoms with Gasteiger partial charge in [-0.3, -0.25) is 0 Å². The molecule has 0 heterocycles. The summed E-state index contributed by atoms with van der Waals surface area (Å²) in [6.07, 6.45) is -7.73. The molecule has 0 aliphatic heterocycles. The Labute approximate surface area is 55.5 Å². The molecule has 0 aliphatic carbocycles. The molecular formula is C3BrF5. The minimum absolute atomic E-state index is 1.67. The lowest BCUT2D eigenvalue weighted by Crippen LogP contribution is -2.07. The van der Waals surface area contributed by atoms with Gasteiger partial charge in [0.2, 0.25) is 0 Å². The van der Waals surface area contributed by atoms with Crippen LogP contribution in [-0.2, 0) is 0 Å². The van der Waals surface area contributed by atoms with Gasteiger partial charge in [-0.2, -0.15) is 22.0 Å². The third-order valence-corrected chi connectivity index (χ3v) is 1.16. The Balaban J connectivity index is 4.40. The highest BCUT2D eigenvalue weighted by Gasteiger charge is 2.35. The maximum Gasteiger partial charge on any atom is 0.428 e. The third-order valence-electron chi connectivity index (χ3n) is 0.415. The smallest absolute Gasteiger partial charge is 0.172 e. The van der Waals surface area contributed by atoms with E-state index < -0.39 is 16.7 Å². The number of halogens is 6. The summed E-state index contributed by atoms with van der Waals surface area (Å²) in [5.74, 6) is 0. The molecular weight excluding hydrogens is 211 g/mol. The van der Waals surface area contributed by atoms with E-state index >= 15 is 0 Å². The number of hydrogen-bond acceptors (Lipinski definition) is 0.